The van der Waals surface area contributed by atoms with Crippen LogP contribution in [0.2, 0.25) is 0 Å². The third-order valence-corrected chi connectivity index (χ3v) is 4.11. The number of rotatable bonds is 2. The molecule has 1 saturated heterocycles. The van der Waals surface area contributed by atoms with Crippen LogP contribution < -0.4 is 4.90 Å². The van der Waals surface area contributed by atoms with Gasteiger partial charge in [0.05, 0.1) is 13.1 Å². The van der Waals surface area contributed by atoms with Gasteiger partial charge in [-0.3, -0.25) is 0 Å². The minimum atomic E-state index is 0.638. The summed E-state index contributed by atoms with van der Waals surface area (Å²) in [5.41, 5.74) is 2.13. The first kappa shape index (κ1) is 12.7. The maximum atomic E-state index is 5.40. The predicted octanol–water partition coefficient (Wildman–Crippen LogP) is 0.903. The molecule has 6 heteroatoms. The smallest absolute Gasteiger partial charge is 0.252 e. The molecule has 0 unspecified atom stereocenters. The Kier molecular flexibility index (Phi) is 3.36. The third-order valence-electron chi connectivity index (χ3n) is 3.81. The zero-order chi connectivity index (χ0) is 13.4. The number of nitrogens with zero attached hydrogens (tertiary/aromatic N) is 4. The number of piperidine rings is 1. The van der Waals surface area contributed by atoms with E-state index in [4.69, 9.17) is 12.2 Å². The molecular weight excluding hydrogens is 258 g/mol. The van der Waals surface area contributed by atoms with Gasteiger partial charge in [0, 0.05) is 11.4 Å². The normalized spacial score (nSPS) is 17.2. The van der Waals surface area contributed by atoms with Gasteiger partial charge in [-0.05, 0) is 51.4 Å². The summed E-state index contributed by atoms with van der Waals surface area (Å²) in [6.07, 6.45) is 3.99. The molecule has 2 aromatic heterocycles. The Balaban J connectivity index is 2.02. The lowest BCUT2D eigenvalue weighted by Crippen LogP contribution is -3.12. The number of quaternary nitrogens is 1. The molecule has 0 atom stereocenters. The molecule has 2 aromatic rings. The lowest BCUT2D eigenvalue weighted by molar-refractivity contribution is -0.928. The van der Waals surface area contributed by atoms with E-state index in [1.165, 1.54) is 32.4 Å². The lowest BCUT2D eigenvalue weighted by atomic mass is 10.1. The summed E-state index contributed by atoms with van der Waals surface area (Å²) in [7, 11) is 0. The number of likely N-dealkylation sites (tertiary alicyclic amines) is 1. The van der Waals surface area contributed by atoms with Crippen molar-refractivity contribution in [2.24, 2.45) is 0 Å². The number of aromatic nitrogens is 4. The first-order chi connectivity index (χ1) is 9.15. The molecule has 102 valence electrons. The van der Waals surface area contributed by atoms with E-state index in [-0.39, 0.29) is 0 Å². The summed E-state index contributed by atoms with van der Waals surface area (Å²) in [6, 6.07) is 2.07. The van der Waals surface area contributed by atoms with Gasteiger partial charge in [-0.1, -0.05) is 0 Å². The fourth-order valence-electron chi connectivity index (χ4n) is 2.92. The number of hydrogen-bond donors (Lipinski definition) is 1. The highest BCUT2D eigenvalue weighted by molar-refractivity contribution is 7.71. The van der Waals surface area contributed by atoms with Gasteiger partial charge in [0.2, 0.25) is 4.77 Å². The van der Waals surface area contributed by atoms with Crippen LogP contribution in [0, 0.1) is 18.6 Å². The lowest BCUT2D eigenvalue weighted by Gasteiger charge is -2.24. The standard InChI is InChI=1S/C13H19N5S/c1-10-8-11(2)18-12(14-10)15-13(19)17(18)9-16-6-4-3-5-7-16/h8H,3-7,9H2,1-2H3/p+1. The summed E-state index contributed by atoms with van der Waals surface area (Å²) in [5.74, 6) is 0.721. The van der Waals surface area contributed by atoms with Gasteiger partial charge < -0.3 is 4.90 Å². The molecule has 0 radical (unpaired) electrons. The molecule has 1 aliphatic heterocycles. The van der Waals surface area contributed by atoms with E-state index in [0.717, 1.165) is 23.8 Å². The summed E-state index contributed by atoms with van der Waals surface area (Å²) in [6.45, 7) is 7.43. The Labute approximate surface area is 117 Å². The Morgan fingerprint density at radius 3 is 2.68 bits per heavy atom. The largest absolute Gasteiger partial charge is 0.316 e. The fourth-order valence-corrected chi connectivity index (χ4v) is 3.15. The summed E-state index contributed by atoms with van der Waals surface area (Å²) < 4.78 is 4.78. The van der Waals surface area contributed by atoms with Gasteiger partial charge in [0.15, 0.2) is 6.67 Å². The van der Waals surface area contributed by atoms with Crippen molar-refractivity contribution in [3.63, 3.8) is 0 Å². The van der Waals surface area contributed by atoms with E-state index in [1.807, 2.05) is 6.92 Å². The molecule has 3 heterocycles. The molecule has 0 aromatic carbocycles. The van der Waals surface area contributed by atoms with Crippen LogP contribution in [0.15, 0.2) is 6.07 Å². The quantitative estimate of drug-likeness (QED) is 0.830. The fraction of sp³-hybridized carbons (Fsp3) is 0.615. The summed E-state index contributed by atoms with van der Waals surface area (Å²) in [5, 5.41) is 0. The van der Waals surface area contributed by atoms with Crippen molar-refractivity contribution < 1.29 is 4.90 Å². The van der Waals surface area contributed by atoms with Gasteiger partial charge in [-0.25, -0.2) is 14.2 Å². The Bertz CT molecular complexity index is 651. The molecule has 5 nitrogen and oxygen atoms in total. The SMILES string of the molecule is Cc1cc(C)n2c(n1)nc(=S)n2C[NH+]1CCCCC1. The molecule has 3 rings (SSSR count). The molecule has 1 fully saturated rings. The second-order valence-electron chi connectivity index (χ2n) is 5.41. The van der Waals surface area contributed by atoms with E-state index in [9.17, 15) is 0 Å². The maximum Gasteiger partial charge on any atom is 0.252 e. The average Bonchev–Trinajstić information content (AvgIpc) is 2.67. The van der Waals surface area contributed by atoms with Crippen LogP contribution in [-0.4, -0.2) is 32.3 Å². The van der Waals surface area contributed by atoms with Crippen molar-refractivity contribution in [3.8, 4) is 0 Å². The Morgan fingerprint density at radius 1 is 1.21 bits per heavy atom. The van der Waals surface area contributed by atoms with Crippen molar-refractivity contribution >= 4 is 18.0 Å². The Morgan fingerprint density at radius 2 is 1.95 bits per heavy atom. The molecule has 19 heavy (non-hydrogen) atoms. The number of hydrogen-bond acceptors (Lipinski definition) is 3. The summed E-state index contributed by atoms with van der Waals surface area (Å²) in [4.78, 5) is 10.5. The first-order valence-electron chi connectivity index (χ1n) is 6.92. The van der Waals surface area contributed by atoms with E-state index in [1.54, 1.807) is 4.90 Å². The van der Waals surface area contributed by atoms with E-state index in [2.05, 4.69) is 32.2 Å². The Hall–Kier alpha value is -1.27. The van der Waals surface area contributed by atoms with Gasteiger partial charge >= 0.3 is 0 Å². The third kappa shape index (κ3) is 2.42. The van der Waals surface area contributed by atoms with Gasteiger partial charge in [-0.15, -0.1) is 0 Å². The van der Waals surface area contributed by atoms with Crippen molar-refractivity contribution in [3.05, 3.63) is 22.2 Å². The molecule has 1 N–H and O–H groups in total. The van der Waals surface area contributed by atoms with Crippen LogP contribution >= 0.6 is 12.2 Å². The van der Waals surface area contributed by atoms with Crippen molar-refractivity contribution in [1.82, 2.24) is 19.2 Å². The van der Waals surface area contributed by atoms with Crippen LogP contribution in [0.5, 0.6) is 0 Å². The van der Waals surface area contributed by atoms with Crippen LogP contribution in [-0.2, 0) is 6.67 Å². The molecule has 0 amide bonds. The highest BCUT2D eigenvalue weighted by Crippen LogP contribution is 2.06. The van der Waals surface area contributed by atoms with Gasteiger partial charge in [0.1, 0.15) is 0 Å². The molecule has 0 aliphatic carbocycles. The van der Waals surface area contributed by atoms with Crippen LogP contribution in [0.1, 0.15) is 30.7 Å². The number of nitrogens with one attached hydrogen (secondary N) is 1. The zero-order valence-electron chi connectivity index (χ0n) is 11.5. The van der Waals surface area contributed by atoms with Crippen LogP contribution in [0.25, 0.3) is 5.78 Å². The molecular formula is C13H20N5S+. The van der Waals surface area contributed by atoms with Gasteiger partial charge in [0.25, 0.3) is 5.78 Å². The molecule has 1 aliphatic rings. The summed E-state index contributed by atoms with van der Waals surface area (Å²) >= 11 is 5.40. The zero-order valence-corrected chi connectivity index (χ0v) is 12.3. The first-order valence-corrected chi connectivity index (χ1v) is 7.33. The maximum absolute atomic E-state index is 5.40. The monoisotopic (exact) mass is 278 g/mol. The number of aryl methyl sites for hydroxylation is 2. The molecule has 0 saturated carbocycles. The van der Waals surface area contributed by atoms with E-state index >= 15 is 0 Å². The number of fused-ring (bicyclic) bond motifs is 1. The molecule has 0 spiro atoms. The molecule has 0 bridgehead atoms. The minimum Gasteiger partial charge on any atom is -0.316 e. The highest BCUT2D eigenvalue weighted by atomic mass is 32.1. The topological polar surface area (TPSA) is 39.6 Å². The van der Waals surface area contributed by atoms with Crippen molar-refractivity contribution in [1.29, 1.82) is 0 Å². The van der Waals surface area contributed by atoms with Crippen molar-refractivity contribution in [2.45, 2.75) is 39.8 Å². The van der Waals surface area contributed by atoms with E-state index < -0.39 is 0 Å². The highest BCUT2D eigenvalue weighted by Gasteiger charge is 2.17. The predicted molar refractivity (Wildman–Crippen MR) is 75.8 cm³/mol. The van der Waals surface area contributed by atoms with Crippen LogP contribution in [0.4, 0.5) is 0 Å². The van der Waals surface area contributed by atoms with Crippen molar-refractivity contribution in [2.75, 3.05) is 13.1 Å². The minimum absolute atomic E-state index is 0.638. The van der Waals surface area contributed by atoms with Gasteiger partial charge in [-0.2, -0.15) is 4.98 Å². The second kappa shape index (κ2) is 5.02. The van der Waals surface area contributed by atoms with E-state index in [0.29, 0.717) is 4.77 Å². The van der Waals surface area contributed by atoms with Crippen LogP contribution in [0.3, 0.4) is 0 Å². The second-order valence-corrected chi connectivity index (χ2v) is 5.78. The average molecular weight is 278 g/mol.